The molecule has 1 saturated heterocycles. The third kappa shape index (κ3) is 1.51. The maximum absolute atomic E-state index is 12.8. The molecule has 5 heteroatoms. The van der Waals surface area contributed by atoms with E-state index in [1.54, 1.807) is 0 Å². The predicted octanol–water partition coefficient (Wildman–Crippen LogP) is -0.951. The third-order valence-electron chi connectivity index (χ3n) is 1.69. The molecule has 1 rings (SSSR count). The van der Waals surface area contributed by atoms with Crippen LogP contribution in [-0.4, -0.2) is 48.6 Å². The summed E-state index contributed by atoms with van der Waals surface area (Å²) in [4.78, 5) is 0. The molecule has 2 N–H and O–H groups in total. The molecule has 0 aromatic rings. The van der Waals surface area contributed by atoms with E-state index >= 15 is 0 Å². The lowest BCUT2D eigenvalue weighted by Gasteiger charge is -2.09. The minimum absolute atomic E-state index is 0.401. The first-order chi connectivity index (χ1) is 5.20. The summed E-state index contributed by atoms with van der Waals surface area (Å²) in [5.74, 6) is 0. The van der Waals surface area contributed by atoms with Crippen LogP contribution in [0.4, 0.5) is 4.39 Å². The Balaban J connectivity index is 2.53. The first kappa shape index (κ1) is 8.86. The zero-order valence-corrected chi connectivity index (χ0v) is 6.11. The third-order valence-corrected chi connectivity index (χ3v) is 1.69. The Hall–Kier alpha value is -0.230. The van der Waals surface area contributed by atoms with Crippen molar-refractivity contribution in [3.8, 4) is 0 Å². The largest absolute Gasteiger partial charge is 0.394 e. The fraction of sp³-hybridized carbons (Fsp3) is 1.00. The van der Waals surface area contributed by atoms with Crippen LogP contribution in [0.1, 0.15) is 0 Å². The van der Waals surface area contributed by atoms with E-state index in [-0.39, 0.29) is 0 Å². The van der Waals surface area contributed by atoms with E-state index in [9.17, 15) is 4.39 Å². The van der Waals surface area contributed by atoms with Gasteiger partial charge in [-0.25, -0.2) is 4.39 Å². The van der Waals surface area contributed by atoms with Gasteiger partial charge in [-0.2, -0.15) is 0 Å². The molecule has 0 amide bonds. The number of alkyl halides is 1. The number of rotatable bonds is 2. The normalized spacial score (nSPS) is 44.7. The second-order valence-electron chi connectivity index (χ2n) is 2.40. The van der Waals surface area contributed by atoms with Crippen molar-refractivity contribution in [2.75, 3.05) is 13.7 Å². The summed E-state index contributed by atoms with van der Waals surface area (Å²) in [7, 11) is 1.28. The highest BCUT2D eigenvalue weighted by atomic mass is 19.1. The van der Waals surface area contributed by atoms with Crippen molar-refractivity contribution in [3.63, 3.8) is 0 Å². The van der Waals surface area contributed by atoms with Crippen molar-refractivity contribution in [1.29, 1.82) is 0 Å². The monoisotopic (exact) mass is 166 g/mol. The molecule has 1 aliphatic rings. The summed E-state index contributed by atoms with van der Waals surface area (Å²) in [5, 5.41) is 17.6. The zero-order chi connectivity index (χ0) is 8.43. The van der Waals surface area contributed by atoms with Gasteiger partial charge in [0.05, 0.1) is 6.61 Å². The number of aliphatic hydroxyl groups is 2. The molecule has 4 nitrogen and oxygen atoms in total. The molecule has 0 aliphatic carbocycles. The van der Waals surface area contributed by atoms with Crippen LogP contribution in [0.5, 0.6) is 0 Å². The summed E-state index contributed by atoms with van der Waals surface area (Å²) >= 11 is 0. The van der Waals surface area contributed by atoms with E-state index < -0.39 is 31.3 Å². The molecule has 1 aliphatic heterocycles. The van der Waals surface area contributed by atoms with Gasteiger partial charge in [0.15, 0.2) is 12.5 Å². The Morgan fingerprint density at radius 3 is 2.55 bits per heavy atom. The minimum Gasteiger partial charge on any atom is -0.394 e. The van der Waals surface area contributed by atoms with E-state index in [1.165, 1.54) is 7.11 Å². The highest BCUT2D eigenvalue weighted by Crippen LogP contribution is 2.23. The quantitative estimate of drug-likeness (QED) is 0.555. The standard InChI is InChI=1S/C6H11FO4/c1-10-6-4(7)5(9)3(2-8)11-6/h3-6,8-9H,2H2,1H3/t3-,4-,5+,6?/m1/s1. The number of ether oxygens (including phenoxy) is 2. The fourth-order valence-electron chi connectivity index (χ4n) is 1.03. The van der Waals surface area contributed by atoms with Gasteiger partial charge >= 0.3 is 0 Å². The summed E-state index contributed by atoms with van der Waals surface area (Å²) in [6.45, 7) is -0.401. The van der Waals surface area contributed by atoms with E-state index in [0.29, 0.717) is 0 Å². The van der Waals surface area contributed by atoms with Gasteiger partial charge in [-0.3, -0.25) is 0 Å². The Kier molecular flexibility index (Phi) is 2.78. The van der Waals surface area contributed by atoms with Crippen LogP contribution in [-0.2, 0) is 9.47 Å². The van der Waals surface area contributed by atoms with Crippen molar-refractivity contribution in [3.05, 3.63) is 0 Å². The molecule has 11 heavy (non-hydrogen) atoms. The second-order valence-corrected chi connectivity index (χ2v) is 2.40. The smallest absolute Gasteiger partial charge is 0.191 e. The van der Waals surface area contributed by atoms with E-state index in [4.69, 9.17) is 14.9 Å². The van der Waals surface area contributed by atoms with Gasteiger partial charge in [0.25, 0.3) is 0 Å². The van der Waals surface area contributed by atoms with Gasteiger partial charge in [-0.1, -0.05) is 0 Å². The molecule has 0 aromatic heterocycles. The predicted molar refractivity (Wildman–Crippen MR) is 33.7 cm³/mol. The molecule has 4 atom stereocenters. The molecular formula is C6H11FO4. The molecule has 0 saturated carbocycles. The Morgan fingerprint density at radius 2 is 2.27 bits per heavy atom. The van der Waals surface area contributed by atoms with Gasteiger partial charge in [0.2, 0.25) is 0 Å². The van der Waals surface area contributed by atoms with Gasteiger partial charge in [-0.15, -0.1) is 0 Å². The lowest BCUT2D eigenvalue weighted by molar-refractivity contribution is -0.141. The lowest BCUT2D eigenvalue weighted by Crippen LogP contribution is -2.31. The maximum Gasteiger partial charge on any atom is 0.191 e. The fourth-order valence-corrected chi connectivity index (χ4v) is 1.03. The van der Waals surface area contributed by atoms with Crippen LogP contribution >= 0.6 is 0 Å². The topological polar surface area (TPSA) is 58.9 Å². The Labute approximate surface area is 63.5 Å². The molecule has 66 valence electrons. The van der Waals surface area contributed by atoms with Crippen molar-refractivity contribution in [2.45, 2.75) is 24.7 Å². The average Bonchev–Trinajstić information content (AvgIpc) is 2.30. The molecule has 0 radical (unpaired) electrons. The summed E-state index contributed by atoms with van der Waals surface area (Å²) < 4.78 is 22.2. The van der Waals surface area contributed by atoms with E-state index in [2.05, 4.69) is 4.74 Å². The Morgan fingerprint density at radius 1 is 1.64 bits per heavy atom. The van der Waals surface area contributed by atoms with Crippen molar-refractivity contribution in [1.82, 2.24) is 0 Å². The summed E-state index contributed by atoms with van der Waals surface area (Å²) in [6.07, 6.45) is -4.78. The number of halogens is 1. The molecular weight excluding hydrogens is 155 g/mol. The van der Waals surface area contributed by atoms with Crippen molar-refractivity contribution in [2.24, 2.45) is 0 Å². The molecule has 0 bridgehead atoms. The van der Waals surface area contributed by atoms with Crippen LogP contribution in [0.3, 0.4) is 0 Å². The van der Waals surface area contributed by atoms with Crippen molar-refractivity contribution < 1.29 is 24.1 Å². The molecule has 1 heterocycles. The first-order valence-corrected chi connectivity index (χ1v) is 3.32. The molecule has 1 unspecified atom stereocenters. The Bertz CT molecular complexity index is 114. The van der Waals surface area contributed by atoms with Crippen LogP contribution in [0.15, 0.2) is 0 Å². The average molecular weight is 166 g/mol. The summed E-state index contributed by atoms with van der Waals surface area (Å²) in [6, 6.07) is 0. The van der Waals surface area contributed by atoms with E-state index in [0.717, 1.165) is 0 Å². The summed E-state index contributed by atoms with van der Waals surface area (Å²) in [5.41, 5.74) is 0. The zero-order valence-electron chi connectivity index (χ0n) is 6.11. The number of hydrogen-bond acceptors (Lipinski definition) is 4. The van der Waals surface area contributed by atoms with Gasteiger partial charge < -0.3 is 19.7 Å². The maximum atomic E-state index is 12.8. The minimum atomic E-state index is -1.57. The van der Waals surface area contributed by atoms with E-state index in [1.807, 2.05) is 0 Å². The van der Waals surface area contributed by atoms with Gasteiger partial charge in [-0.05, 0) is 0 Å². The van der Waals surface area contributed by atoms with Crippen LogP contribution < -0.4 is 0 Å². The lowest BCUT2D eigenvalue weighted by atomic mass is 10.2. The highest BCUT2D eigenvalue weighted by Gasteiger charge is 2.43. The van der Waals surface area contributed by atoms with Crippen molar-refractivity contribution >= 4 is 0 Å². The highest BCUT2D eigenvalue weighted by molar-refractivity contribution is 4.86. The first-order valence-electron chi connectivity index (χ1n) is 3.32. The second kappa shape index (κ2) is 3.44. The SMILES string of the molecule is COC1O[C@H](CO)[C@H](O)[C@H]1F. The number of aliphatic hydroxyl groups excluding tert-OH is 2. The van der Waals surface area contributed by atoms with Crippen LogP contribution in [0, 0.1) is 0 Å². The van der Waals surface area contributed by atoms with Crippen LogP contribution in [0.2, 0.25) is 0 Å². The molecule has 0 aromatic carbocycles. The van der Waals surface area contributed by atoms with Gasteiger partial charge in [0, 0.05) is 7.11 Å². The van der Waals surface area contributed by atoms with Crippen LogP contribution in [0.25, 0.3) is 0 Å². The van der Waals surface area contributed by atoms with Gasteiger partial charge in [0.1, 0.15) is 12.2 Å². The molecule has 0 spiro atoms. The number of hydrogen-bond donors (Lipinski definition) is 2. The molecule has 1 fully saturated rings. The number of methoxy groups -OCH3 is 1.